The average Bonchev–Trinajstić information content (AvgIpc) is 2.18. The molecular formula is C10H13BrFNO. The van der Waals surface area contributed by atoms with Crippen LogP contribution in [0.5, 0.6) is 5.75 Å². The van der Waals surface area contributed by atoms with E-state index in [4.69, 9.17) is 4.74 Å². The van der Waals surface area contributed by atoms with Gasteiger partial charge in [0.05, 0.1) is 4.47 Å². The molecular weight excluding hydrogens is 249 g/mol. The minimum Gasteiger partial charge on any atom is -0.491 e. The predicted octanol–water partition coefficient (Wildman–Crippen LogP) is 2.58. The minimum atomic E-state index is -0.286. The van der Waals surface area contributed by atoms with Crippen molar-refractivity contribution in [2.45, 2.75) is 6.92 Å². The summed E-state index contributed by atoms with van der Waals surface area (Å²) in [4.78, 5) is 0. The van der Waals surface area contributed by atoms with E-state index < -0.39 is 0 Å². The Morgan fingerprint density at radius 1 is 1.50 bits per heavy atom. The summed E-state index contributed by atoms with van der Waals surface area (Å²) in [5.41, 5.74) is 0. The van der Waals surface area contributed by atoms with Crippen LogP contribution >= 0.6 is 15.9 Å². The van der Waals surface area contributed by atoms with Crippen molar-refractivity contribution < 1.29 is 9.13 Å². The maximum atomic E-state index is 12.8. The number of rotatable bonds is 5. The van der Waals surface area contributed by atoms with Crippen LogP contribution in [0.15, 0.2) is 22.7 Å². The van der Waals surface area contributed by atoms with Crippen LogP contribution in [0, 0.1) is 5.82 Å². The summed E-state index contributed by atoms with van der Waals surface area (Å²) < 4.78 is 18.9. The molecule has 78 valence electrons. The molecule has 1 aromatic carbocycles. The van der Waals surface area contributed by atoms with Crippen molar-refractivity contribution in [2.75, 3.05) is 19.7 Å². The molecule has 0 aliphatic heterocycles. The molecule has 0 unspecified atom stereocenters. The molecule has 1 rings (SSSR count). The topological polar surface area (TPSA) is 21.3 Å². The Bertz CT molecular complexity index is 293. The number of halogens is 2. The van der Waals surface area contributed by atoms with Gasteiger partial charge in [0.1, 0.15) is 18.2 Å². The highest BCUT2D eigenvalue weighted by molar-refractivity contribution is 9.10. The maximum absolute atomic E-state index is 12.8. The van der Waals surface area contributed by atoms with E-state index in [2.05, 4.69) is 21.2 Å². The molecule has 0 radical (unpaired) electrons. The van der Waals surface area contributed by atoms with Crippen LogP contribution in [0.2, 0.25) is 0 Å². The molecule has 0 fully saturated rings. The fourth-order valence-corrected chi connectivity index (χ4v) is 1.36. The number of likely N-dealkylation sites (N-methyl/N-ethyl adjacent to an activating group) is 1. The van der Waals surface area contributed by atoms with E-state index in [0.29, 0.717) is 12.4 Å². The Balaban J connectivity index is 2.45. The van der Waals surface area contributed by atoms with E-state index >= 15 is 0 Å². The lowest BCUT2D eigenvalue weighted by Gasteiger charge is -2.08. The zero-order chi connectivity index (χ0) is 10.4. The SMILES string of the molecule is CCNCCOc1cc(F)ccc1Br. The van der Waals surface area contributed by atoms with Crippen LogP contribution in [0.1, 0.15) is 6.92 Å². The number of ether oxygens (including phenoxy) is 1. The maximum Gasteiger partial charge on any atom is 0.136 e. The number of nitrogens with one attached hydrogen (secondary N) is 1. The van der Waals surface area contributed by atoms with Crippen molar-refractivity contribution in [3.05, 3.63) is 28.5 Å². The lowest BCUT2D eigenvalue weighted by atomic mass is 10.3. The second-order valence-corrected chi connectivity index (χ2v) is 3.63. The van der Waals surface area contributed by atoms with Crippen molar-refractivity contribution in [1.29, 1.82) is 0 Å². The Kier molecular flexibility index (Phi) is 4.90. The van der Waals surface area contributed by atoms with Crippen LogP contribution in [0.3, 0.4) is 0 Å². The summed E-state index contributed by atoms with van der Waals surface area (Å²) >= 11 is 3.29. The van der Waals surface area contributed by atoms with Gasteiger partial charge in [0, 0.05) is 12.6 Å². The average molecular weight is 262 g/mol. The summed E-state index contributed by atoms with van der Waals surface area (Å²) in [5.74, 6) is 0.259. The van der Waals surface area contributed by atoms with E-state index in [1.165, 1.54) is 12.1 Å². The van der Waals surface area contributed by atoms with Crippen molar-refractivity contribution in [1.82, 2.24) is 5.32 Å². The van der Waals surface area contributed by atoms with E-state index in [-0.39, 0.29) is 5.82 Å². The summed E-state index contributed by atoms with van der Waals surface area (Å²) in [6.45, 7) is 4.24. The molecule has 0 aliphatic rings. The van der Waals surface area contributed by atoms with E-state index in [9.17, 15) is 4.39 Å². The van der Waals surface area contributed by atoms with Gasteiger partial charge in [-0.3, -0.25) is 0 Å². The molecule has 0 heterocycles. The van der Waals surface area contributed by atoms with Crippen LogP contribution < -0.4 is 10.1 Å². The van der Waals surface area contributed by atoms with Gasteiger partial charge in [-0.15, -0.1) is 0 Å². The summed E-state index contributed by atoms with van der Waals surface area (Å²) in [5, 5.41) is 3.12. The smallest absolute Gasteiger partial charge is 0.136 e. The first-order valence-corrected chi connectivity index (χ1v) is 5.32. The van der Waals surface area contributed by atoms with Gasteiger partial charge in [0.2, 0.25) is 0 Å². The molecule has 0 aliphatic carbocycles. The highest BCUT2D eigenvalue weighted by Gasteiger charge is 2.01. The number of benzene rings is 1. The molecule has 0 saturated carbocycles. The van der Waals surface area contributed by atoms with Gasteiger partial charge in [-0.1, -0.05) is 6.92 Å². The largest absolute Gasteiger partial charge is 0.491 e. The van der Waals surface area contributed by atoms with Gasteiger partial charge < -0.3 is 10.1 Å². The van der Waals surface area contributed by atoms with Crippen LogP contribution in [0.4, 0.5) is 4.39 Å². The van der Waals surface area contributed by atoms with Gasteiger partial charge in [0.15, 0.2) is 0 Å². The van der Waals surface area contributed by atoms with Crippen molar-refractivity contribution in [3.63, 3.8) is 0 Å². The fraction of sp³-hybridized carbons (Fsp3) is 0.400. The second-order valence-electron chi connectivity index (χ2n) is 2.78. The van der Waals surface area contributed by atoms with Crippen molar-refractivity contribution >= 4 is 15.9 Å². The molecule has 1 N–H and O–H groups in total. The van der Waals surface area contributed by atoms with E-state index in [1.807, 2.05) is 6.92 Å². The molecule has 0 atom stereocenters. The number of hydrogen-bond acceptors (Lipinski definition) is 2. The third-order valence-corrected chi connectivity index (χ3v) is 2.33. The molecule has 2 nitrogen and oxygen atoms in total. The second kappa shape index (κ2) is 5.98. The zero-order valence-corrected chi connectivity index (χ0v) is 9.60. The molecule has 1 aromatic rings. The highest BCUT2D eigenvalue weighted by atomic mass is 79.9. The zero-order valence-electron chi connectivity index (χ0n) is 8.02. The monoisotopic (exact) mass is 261 g/mol. The van der Waals surface area contributed by atoms with Crippen LogP contribution in [-0.4, -0.2) is 19.7 Å². The van der Waals surface area contributed by atoms with Crippen LogP contribution in [0.25, 0.3) is 0 Å². The molecule has 14 heavy (non-hydrogen) atoms. The molecule has 4 heteroatoms. The Morgan fingerprint density at radius 3 is 3.00 bits per heavy atom. The Morgan fingerprint density at radius 2 is 2.29 bits per heavy atom. The Hall–Kier alpha value is -0.610. The minimum absolute atomic E-state index is 0.286. The van der Waals surface area contributed by atoms with E-state index in [0.717, 1.165) is 17.6 Å². The third-order valence-electron chi connectivity index (χ3n) is 1.68. The standard InChI is InChI=1S/C10H13BrFNO/c1-2-13-5-6-14-10-7-8(12)3-4-9(10)11/h3-4,7,13H,2,5-6H2,1H3. The predicted molar refractivity (Wildman–Crippen MR) is 58.1 cm³/mol. The van der Waals surface area contributed by atoms with Gasteiger partial charge in [0.25, 0.3) is 0 Å². The van der Waals surface area contributed by atoms with Gasteiger partial charge >= 0.3 is 0 Å². The highest BCUT2D eigenvalue weighted by Crippen LogP contribution is 2.25. The van der Waals surface area contributed by atoms with Crippen molar-refractivity contribution in [2.24, 2.45) is 0 Å². The van der Waals surface area contributed by atoms with Gasteiger partial charge in [-0.25, -0.2) is 4.39 Å². The normalized spacial score (nSPS) is 10.2. The van der Waals surface area contributed by atoms with Gasteiger partial charge in [-0.05, 0) is 34.6 Å². The number of hydrogen-bond donors (Lipinski definition) is 1. The molecule has 0 spiro atoms. The molecule has 0 amide bonds. The third kappa shape index (κ3) is 3.64. The van der Waals surface area contributed by atoms with E-state index in [1.54, 1.807) is 6.07 Å². The van der Waals surface area contributed by atoms with Crippen molar-refractivity contribution in [3.8, 4) is 5.75 Å². The van der Waals surface area contributed by atoms with Crippen LogP contribution in [-0.2, 0) is 0 Å². The first kappa shape index (κ1) is 11.5. The molecule has 0 aromatic heterocycles. The summed E-state index contributed by atoms with van der Waals surface area (Å²) in [7, 11) is 0. The Labute approximate surface area is 91.6 Å². The fourth-order valence-electron chi connectivity index (χ4n) is 0.998. The first-order chi connectivity index (χ1) is 6.74. The lowest BCUT2D eigenvalue weighted by Crippen LogP contribution is -2.20. The molecule has 0 bridgehead atoms. The summed E-state index contributed by atoms with van der Waals surface area (Å²) in [6, 6.07) is 4.40. The van der Waals surface area contributed by atoms with Gasteiger partial charge in [-0.2, -0.15) is 0 Å². The lowest BCUT2D eigenvalue weighted by molar-refractivity contribution is 0.312. The quantitative estimate of drug-likeness (QED) is 0.823. The summed E-state index contributed by atoms with van der Waals surface area (Å²) in [6.07, 6.45) is 0. The molecule has 0 saturated heterocycles. The first-order valence-electron chi connectivity index (χ1n) is 4.52.